The Morgan fingerprint density at radius 2 is 2.08 bits per heavy atom. The summed E-state index contributed by atoms with van der Waals surface area (Å²) in [5, 5.41) is 11.0. The van der Waals surface area contributed by atoms with E-state index in [1.165, 1.54) is 29.2 Å². The molecule has 0 aliphatic heterocycles. The van der Waals surface area contributed by atoms with E-state index in [4.69, 9.17) is 0 Å². The van der Waals surface area contributed by atoms with Crippen LogP contribution in [0, 0.1) is 5.82 Å². The van der Waals surface area contributed by atoms with E-state index in [9.17, 15) is 9.18 Å². The van der Waals surface area contributed by atoms with Gasteiger partial charge in [0.2, 0.25) is 5.78 Å². The average molecular weight is 374 g/mol. The lowest BCUT2D eigenvalue weighted by Crippen LogP contribution is -2.22. The first-order valence-corrected chi connectivity index (χ1v) is 9.78. The van der Waals surface area contributed by atoms with Crippen molar-refractivity contribution in [2.45, 2.75) is 30.8 Å². The number of benzene rings is 1. The Morgan fingerprint density at radius 3 is 2.88 bits per heavy atom. The van der Waals surface area contributed by atoms with Gasteiger partial charge >= 0.3 is 0 Å². The maximum absolute atomic E-state index is 13.9. The third-order valence-electron chi connectivity index (χ3n) is 3.94. The topological polar surface area (TPSA) is 52.2 Å². The van der Waals surface area contributed by atoms with Crippen LogP contribution in [0.4, 0.5) is 4.39 Å². The van der Waals surface area contributed by atoms with E-state index in [0.29, 0.717) is 33.5 Å². The molecule has 3 heterocycles. The summed E-state index contributed by atoms with van der Waals surface area (Å²) in [6.07, 6.45) is 0.830. The summed E-state index contributed by atoms with van der Waals surface area (Å²) in [4.78, 5) is 12.7. The van der Waals surface area contributed by atoms with Crippen LogP contribution in [0.15, 0.2) is 45.7 Å². The molecule has 0 amide bonds. The third-order valence-corrected chi connectivity index (χ3v) is 5.81. The largest absolute Gasteiger partial charge is 0.276 e. The van der Waals surface area contributed by atoms with Gasteiger partial charge in [-0.05, 0) is 29.5 Å². The SMILES string of the molecule is CCCn1c(=O)c2sccc2n2c(SCc3ccccc3F)nnc12. The van der Waals surface area contributed by atoms with Crippen molar-refractivity contribution in [1.82, 2.24) is 19.2 Å². The molecule has 0 saturated carbocycles. The molecule has 0 radical (unpaired) electrons. The van der Waals surface area contributed by atoms with Crippen molar-refractivity contribution in [2.24, 2.45) is 0 Å². The van der Waals surface area contributed by atoms with Crippen molar-refractivity contribution in [3.63, 3.8) is 0 Å². The first-order valence-electron chi connectivity index (χ1n) is 7.92. The summed E-state index contributed by atoms with van der Waals surface area (Å²) >= 11 is 2.83. The van der Waals surface area contributed by atoms with Gasteiger partial charge in [0, 0.05) is 12.3 Å². The maximum Gasteiger partial charge on any atom is 0.272 e. The number of fused-ring (bicyclic) bond motifs is 3. The number of hydrogen-bond donors (Lipinski definition) is 0. The molecule has 0 unspecified atom stereocenters. The molecule has 4 rings (SSSR count). The second-order valence-electron chi connectivity index (χ2n) is 5.59. The van der Waals surface area contributed by atoms with Crippen LogP contribution in [0.3, 0.4) is 0 Å². The predicted molar refractivity (Wildman–Crippen MR) is 98.9 cm³/mol. The second kappa shape index (κ2) is 6.61. The summed E-state index contributed by atoms with van der Waals surface area (Å²) in [6.45, 7) is 2.61. The molecule has 0 spiro atoms. The molecule has 5 nitrogen and oxygen atoms in total. The number of nitrogens with zero attached hydrogens (tertiary/aromatic N) is 4. The van der Waals surface area contributed by atoms with Gasteiger partial charge in [0.25, 0.3) is 5.56 Å². The van der Waals surface area contributed by atoms with Gasteiger partial charge in [-0.15, -0.1) is 21.5 Å². The maximum atomic E-state index is 13.9. The second-order valence-corrected chi connectivity index (χ2v) is 7.45. The lowest BCUT2D eigenvalue weighted by atomic mass is 10.2. The van der Waals surface area contributed by atoms with E-state index >= 15 is 0 Å². The van der Waals surface area contributed by atoms with Gasteiger partial charge < -0.3 is 0 Å². The van der Waals surface area contributed by atoms with Crippen molar-refractivity contribution < 1.29 is 4.39 Å². The molecule has 0 aliphatic carbocycles. The summed E-state index contributed by atoms with van der Waals surface area (Å²) in [5.41, 5.74) is 1.39. The molecule has 0 fully saturated rings. The van der Waals surface area contributed by atoms with Crippen LogP contribution in [0.1, 0.15) is 18.9 Å². The van der Waals surface area contributed by atoms with Crippen LogP contribution < -0.4 is 5.56 Å². The molecule has 0 saturated heterocycles. The fraction of sp³-hybridized carbons (Fsp3) is 0.235. The van der Waals surface area contributed by atoms with Crippen LogP contribution in [-0.2, 0) is 12.3 Å². The van der Waals surface area contributed by atoms with Gasteiger partial charge in [0.1, 0.15) is 10.5 Å². The van der Waals surface area contributed by atoms with E-state index < -0.39 is 0 Å². The van der Waals surface area contributed by atoms with E-state index in [1.807, 2.05) is 28.8 Å². The number of thioether (sulfide) groups is 1. The monoisotopic (exact) mass is 374 g/mol. The Labute approximate surface area is 151 Å². The van der Waals surface area contributed by atoms with Gasteiger partial charge in [-0.3, -0.25) is 13.8 Å². The zero-order valence-corrected chi connectivity index (χ0v) is 15.1. The minimum absolute atomic E-state index is 0.0302. The Morgan fingerprint density at radius 1 is 1.24 bits per heavy atom. The van der Waals surface area contributed by atoms with E-state index in [2.05, 4.69) is 10.2 Å². The van der Waals surface area contributed by atoms with Crippen molar-refractivity contribution in [1.29, 1.82) is 0 Å². The Balaban J connectivity index is 1.83. The molecule has 0 bridgehead atoms. The molecule has 1 aromatic carbocycles. The minimum Gasteiger partial charge on any atom is -0.276 e. The molecule has 0 aliphatic rings. The van der Waals surface area contributed by atoms with Gasteiger partial charge in [-0.2, -0.15) is 0 Å². The van der Waals surface area contributed by atoms with E-state index in [0.717, 1.165) is 11.9 Å². The zero-order valence-electron chi connectivity index (χ0n) is 13.5. The summed E-state index contributed by atoms with van der Waals surface area (Å²) < 4.78 is 18.1. The van der Waals surface area contributed by atoms with E-state index in [1.54, 1.807) is 16.7 Å². The molecule has 0 N–H and O–H groups in total. The third kappa shape index (κ3) is 2.75. The van der Waals surface area contributed by atoms with Gasteiger partial charge in [0.05, 0.1) is 5.52 Å². The molecule has 128 valence electrons. The highest BCUT2D eigenvalue weighted by molar-refractivity contribution is 7.98. The number of aromatic nitrogens is 4. The number of thiophene rings is 1. The van der Waals surface area contributed by atoms with Gasteiger partial charge in [0.15, 0.2) is 5.16 Å². The number of hydrogen-bond acceptors (Lipinski definition) is 5. The molecule has 25 heavy (non-hydrogen) atoms. The summed E-state index contributed by atoms with van der Waals surface area (Å²) in [6, 6.07) is 8.61. The Bertz CT molecular complexity index is 1110. The Kier molecular flexibility index (Phi) is 4.30. The van der Waals surface area contributed by atoms with Crippen molar-refractivity contribution >= 4 is 39.1 Å². The van der Waals surface area contributed by atoms with Gasteiger partial charge in [-0.25, -0.2) is 4.39 Å². The molecule has 8 heteroatoms. The molecule has 4 aromatic rings. The van der Waals surface area contributed by atoms with Gasteiger partial charge in [-0.1, -0.05) is 36.9 Å². The molecule has 3 aromatic heterocycles. The highest BCUT2D eigenvalue weighted by Gasteiger charge is 2.17. The van der Waals surface area contributed by atoms with Crippen LogP contribution in [0.2, 0.25) is 0 Å². The van der Waals surface area contributed by atoms with Crippen molar-refractivity contribution in [3.05, 3.63) is 57.4 Å². The fourth-order valence-corrected chi connectivity index (χ4v) is 4.53. The molecular weight excluding hydrogens is 359 g/mol. The lowest BCUT2D eigenvalue weighted by Gasteiger charge is -2.08. The van der Waals surface area contributed by atoms with E-state index in [-0.39, 0.29) is 11.4 Å². The summed E-state index contributed by atoms with van der Waals surface area (Å²) in [5.74, 6) is 0.757. The normalized spacial score (nSPS) is 11.6. The minimum atomic E-state index is -0.229. The Hall–Kier alpha value is -2.19. The quantitative estimate of drug-likeness (QED) is 0.497. The van der Waals surface area contributed by atoms with Crippen LogP contribution in [-0.4, -0.2) is 19.2 Å². The lowest BCUT2D eigenvalue weighted by molar-refractivity contribution is 0.617. The number of halogens is 1. The highest BCUT2D eigenvalue weighted by Crippen LogP contribution is 2.27. The summed E-state index contributed by atoms with van der Waals surface area (Å²) in [7, 11) is 0. The van der Waals surface area contributed by atoms with Crippen LogP contribution in [0.25, 0.3) is 16.0 Å². The fourth-order valence-electron chi connectivity index (χ4n) is 2.78. The van der Waals surface area contributed by atoms with Crippen LogP contribution >= 0.6 is 23.1 Å². The zero-order chi connectivity index (χ0) is 17.4. The molecular formula is C17H15FN4OS2. The predicted octanol–water partition coefficient (Wildman–Crippen LogP) is 3.95. The van der Waals surface area contributed by atoms with Crippen molar-refractivity contribution in [2.75, 3.05) is 0 Å². The number of aryl methyl sites for hydroxylation is 1. The first kappa shape index (κ1) is 16.3. The number of rotatable bonds is 5. The smallest absolute Gasteiger partial charge is 0.272 e. The molecule has 0 atom stereocenters. The standard InChI is InChI=1S/C17H15FN4OS2/c1-2-8-21-15(23)14-13(7-9-24-14)22-16(21)19-20-17(22)25-10-11-5-3-4-6-12(11)18/h3-7,9H,2,8,10H2,1H3. The van der Waals surface area contributed by atoms with Crippen LogP contribution in [0.5, 0.6) is 0 Å². The van der Waals surface area contributed by atoms with Crippen molar-refractivity contribution in [3.8, 4) is 0 Å². The average Bonchev–Trinajstić information content (AvgIpc) is 3.24. The first-order chi connectivity index (χ1) is 12.2. The highest BCUT2D eigenvalue weighted by atomic mass is 32.2.